The molecule has 5 rings (SSSR count). The van der Waals surface area contributed by atoms with Crippen molar-refractivity contribution < 1.29 is 51.1 Å². The van der Waals surface area contributed by atoms with Crippen LogP contribution in [-0.4, -0.2) is 108 Å². The zero-order valence-corrected chi connectivity index (χ0v) is 31.0. The highest BCUT2D eigenvalue weighted by molar-refractivity contribution is 5.96. The smallest absolute Gasteiger partial charge is 0.387 e. The van der Waals surface area contributed by atoms with E-state index in [0.717, 1.165) is 22.6 Å². The number of hydrogen-bond donors (Lipinski definition) is 3. The van der Waals surface area contributed by atoms with Crippen molar-refractivity contribution in [2.45, 2.75) is 39.7 Å². The molecular weight excluding hydrogens is 728 g/mol. The number of primary amides is 1. The number of carbonyl (C=O) groups is 4. The lowest BCUT2D eigenvalue weighted by Crippen LogP contribution is -3.10. The van der Waals surface area contributed by atoms with Crippen LogP contribution in [0.1, 0.15) is 42.6 Å². The minimum absolute atomic E-state index is 0.0593. The second kappa shape index (κ2) is 19.5. The molecule has 3 heterocycles. The number of piperazine rings is 1. The number of rotatable bonds is 15. The highest BCUT2D eigenvalue weighted by atomic mass is 19.3. The monoisotopic (exact) mass is 773 g/mol. The number of quaternary nitrogens is 1. The van der Waals surface area contributed by atoms with E-state index in [1.807, 2.05) is 31.9 Å². The normalized spacial score (nSPS) is 13.8. The Bertz CT molecular complexity index is 1970. The Kier molecular flexibility index (Phi) is 14.9. The van der Waals surface area contributed by atoms with Crippen LogP contribution in [0.3, 0.4) is 0 Å². The largest absolute Gasteiger partial charge is 0.471 e. The van der Waals surface area contributed by atoms with Gasteiger partial charge in [0.25, 0.3) is 18.3 Å². The van der Waals surface area contributed by atoms with Crippen molar-refractivity contribution in [3.63, 3.8) is 0 Å². The van der Waals surface area contributed by atoms with Gasteiger partial charge in [-0.25, -0.2) is 14.4 Å². The van der Waals surface area contributed by atoms with E-state index in [2.05, 4.69) is 24.8 Å². The van der Waals surface area contributed by atoms with Crippen LogP contribution in [0.5, 0.6) is 5.75 Å². The highest BCUT2D eigenvalue weighted by Crippen LogP contribution is 2.32. The Hall–Kier alpha value is -5.78. The molecular formula is C37H45F4N8O6+. The molecule has 1 aliphatic heterocycles. The number of carbonyl (C=O) groups excluding carboxylic acids is 4. The third-order valence-electron chi connectivity index (χ3n) is 9.16. The minimum atomic E-state index is -3.31. The molecule has 4 N–H and O–H groups in total. The lowest BCUT2D eigenvalue weighted by Gasteiger charge is -2.36. The summed E-state index contributed by atoms with van der Waals surface area (Å²) in [6.45, 7) is 3.51. The van der Waals surface area contributed by atoms with E-state index in [4.69, 9.17) is 10.5 Å². The maximum Gasteiger partial charge on any atom is 0.387 e. The number of fused-ring (bicyclic) bond motifs is 1. The third kappa shape index (κ3) is 10.5. The number of nitrogens with two attached hydrogens (primary N) is 1. The van der Waals surface area contributed by atoms with Crippen LogP contribution in [-0.2, 0) is 25.5 Å². The zero-order chi connectivity index (χ0) is 40.2. The molecule has 1 saturated heterocycles. The maximum atomic E-state index is 14.9. The quantitative estimate of drug-likeness (QED) is 0.122. The number of ether oxygens (including phenoxy) is 2. The Morgan fingerprint density at radius 3 is 2.35 bits per heavy atom. The SMILES string of the molecule is CCc1cc(Nc2nccn3c(-c4ccc(OC(F)F)c(F)c4F)cnc23)ccc1C(=O)N1CCN(C(=O)C(CC)CC[NH+](C)CC(N)=O)CC1.COC=O. The highest BCUT2D eigenvalue weighted by Gasteiger charge is 2.30. The van der Waals surface area contributed by atoms with Crippen LogP contribution >= 0.6 is 0 Å². The Morgan fingerprint density at radius 1 is 1.04 bits per heavy atom. The number of hydrogen-bond acceptors (Lipinski definition) is 9. The number of nitrogens with zero attached hydrogens (tertiary/aromatic N) is 5. The van der Waals surface area contributed by atoms with E-state index in [9.17, 15) is 31.9 Å². The van der Waals surface area contributed by atoms with Crippen molar-refractivity contribution in [1.82, 2.24) is 24.2 Å². The van der Waals surface area contributed by atoms with E-state index in [1.165, 1.54) is 30.1 Å². The molecule has 2 atom stereocenters. The summed E-state index contributed by atoms with van der Waals surface area (Å²) in [4.78, 5) is 60.3. The van der Waals surface area contributed by atoms with Gasteiger partial charge >= 0.3 is 6.61 Å². The Morgan fingerprint density at radius 2 is 1.73 bits per heavy atom. The van der Waals surface area contributed by atoms with E-state index in [1.54, 1.807) is 17.0 Å². The van der Waals surface area contributed by atoms with Crippen LogP contribution in [0.4, 0.5) is 29.1 Å². The van der Waals surface area contributed by atoms with Crippen LogP contribution in [0.15, 0.2) is 48.9 Å². The summed E-state index contributed by atoms with van der Waals surface area (Å²) in [7, 11) is 3.19. The summed E-state index contributed by atoms with van der Waals surface area (Å²) >= 11 is 0. The summed E-state index contributed by atoms with van der Waals surface area (Å²) in [5.74, 6) is -4.13. The van der Waals surface area contributed by atoms with E-state index >= 15 is 0 Å². The second-order valence-electron chi connectivity index (χ2n) is 12.8. The lowest BCUT2D eigenvalue weighted by atomic mass is 9.99. The molecule has 0 saturated carbocycles. The van der Waals surface area contributed by atoms with Gasteiger partial charge in [0, 0.05) is 67.7 Å². The molecule has 0 aliphatic carbocycles. The van der Waals surface area contributed by atoms with Crippen molar-refractivity contribution in [3.05, 3.63) is 71.7 Å². The Labute approximate surface area is 315 Å². The van der Waals surface area contributed by atoms with Crippen molar-refractivity contribution in [1.29, 1.82) is 0 Å². The molecule has 18 heteroatoms. The molecule has 0 radical (unpaired) electrons. The van der Waals surface area contributed by atoms with Gasteiger partial charge in [-0.2, -0.15) is 13.2 Å². The summed E-state index contributed by atoms with van der Waals surface area (Å²) in [5, 5.41) is 3.19. The summed E-state index contributed by atoms with van der Waals surface area (Å²) in [6, 6.07) is 7.36. The topological polar surface area (TPSA) is 166 Å². The van der Waals surface area contributed by atoms with Gasteiger partial charge < -0.3 is 35.2 Å². The number of likely N-dealkylation sites (N-methyl/N-ethyl adjacent to an activating group) is 1. The number of halogens is 4. The number of alkyl halides is 2. The first-order valence-corrected chi connectivity index (χ1v) is 17.6. The van der Waals surface area contributed by atoms with Gasteiger partial charge in [0.15, 0.2) is 29.6 Å². The van der Waals surface area contributed by atoms with Crippen LogP contribution in [0.2, 0.25) is 0 Å². The number of methoxy groups -OCH3 is 1. The summed E-state index contributed by atoms with van der Waals surface area (Å²) < 4.78 is 64.0. The molecule has 2 aromatic heterocycles. The molecule has 55 heavy (non-hydrogen) atoms. The third-order valence-corrected chi connectivity index (χ3v) is 9.16. The van der Waals surface area contributed by atoms with Crippen LogP contribution in [0.25, 0.3) is 16.9 Å². The maximum absolute atomic E-state index is 14.9. The van der Waals surface area contributed by atoms with Crippen molar-refractivity contribution in [2.75, 3.05) is 58.7 Å². The van der Waals surface area contributed by atoms with Gasteiger partial charge in [0.1, 0.15) is 0 Å². The number of aryl methyl sites for hydroxylation is 1. The fourth-order valence-corrected chi connectivity index (χ4v) is 6.30. The fraction of sp³-hybridized carbons (Fsp3) is 0.405. The van der Waals surface area contributed by atoms with Gasteiger partial charge in [-0.15, -0.1) is 0 Å². The second-order valence-corrected chi connectivity index (χ2v) is 12.8. The average molecular weight is 774 g/mol. The standard InChI is InChI=1S/C35H40F4N8O4.C2H4O2/c1-4-21(10-12-44(3)20-28(40)48)33(49)45-14-16-46(17-15-45)34(50)24-7-6-23(18-22(24)5-2)43-31-32-42-19-26(47(32)13-11-41-31)25-8-9-27(51-35(38)39)30(37)29(25)36;1-4-2-3/h6-9,11,13,18-19,21,35H,4-5,10,12,14-17,20H2,1-3H3,(H2,40,48)(H,41,43);2H,1H3/p+1. The summed E-state index contributed by atoms with van der Waals surface area (Å²) in [6.07, 6.45) is 6.15. The van der Waals surface area contributed by atoms with Gasteiger partial charge in [0.2, 0.25) is 11.7 Å². The first-order valence-electron chi connectivity index (χ1n) is 17.6. The lowest BCUT2D eigenvalue weighted by molar-refractivity contribution is -0.871. The molecule has 2 unspecified atom stereocenters. The predicted molar refractivity (Wildman–Crippen MR) is 194 cm³/mol. The van der Waals surface area contributed by atoms with Gasteiger partial charge in [-0.3, -0.25) is 23.6 Å². The van der Waals surface area contributed by atoms with Gasteiger partial charge in [-0.1, -0.05) is 13.8 Å². The van der Waals surface area contributed by atoms with Crippen LogP contribution < -0.4 is 20.7 Å². The number of anilines is 2. The molecule has 0 spiro atoms. The van der Waals surface area contributed by atoms with Crippen molar-refractivity contribution in [2.24, 2.45) is 11.7 Å². The predicted octanol–water partition coefficient (Wildman–Crippen LogP) is 3.07. The molecule has 2 aromatic carbocycles. The van der Waals surface area contributed by atoms with Crippen LogP contribution in [0, 0.1) is 17.6 Å². The van der Waals surface area contributed by atoms with Gasteiger partial charge in [-0.05, 0) is 48.7 Å². The Balaban J connectivity index is 0.00000160. The minimum Gasteiger partial charge on any atom is -0.471 e. The number of imidazole rings is 1. The number of benzene rings is 2. The molecule has 14 nitrogen and oxygen atoms in total. The molecule has 3 amide bonds. The molecule has 1 fully saturated rings. The first-order chi connectivity index (χ1) is 26.3. The molecule has 0 bridgehead atoms. The van der Waals surface area contributed by atoms with Gasteiger partial charge in [0.05, 0.1) is 32.6 Å². The summed E-state index contributed by atoms with van der Waals surface area (Å²) in [5.41, 5.74) is 7.47. The zero-order valence-electron chi connectivity index (χ0n) is 31.0. The van der Waals surface area contributed by atoms with Crippen molar-refractivity contribution in [3.8, 4) is 17.0 Å². The van der Waals surface area contributed by atoms with Crippen molar-refractivity contribution >= 4 is 41.3 Å². The van der Waals surface area contributed by atoms with E-state index in [-0.39, 0.29) is 47.1 Å². The van der Waals surface area contributed by atoms with E-state index < -0.39 is 24.0 Å². The van der Waals surface area contributed by atoms with E-state index in [0.29, 0.717) is 75.5 Å². The fourth-order valence-electron chi connectivity index (χ4n) is 6.30. The number of aromatic nitrogens is 3. The first kappa shape index (κ1) is 42.0. The molecule has 1 aliphatic rings. The number of nitrogens with one attached hydrogen (secondary N) is 2. The average Bonchev–Trinajstić information content (AvgIpc) is 3.61. The molecule has 4 aromatic rings. The molecule has 296 valence electrons. The number of amides is 3.